The number of aliphatic carboxylic acids is 1. The third-order valence-corrected chi connectivity index (χ3v) is 4.16. The van der Waals surface area contributed by atoms with Crippen molar-refractivity contribution in [3.05, 3.63) is 33.4 Å². The lowest BCUT2D eigenvalue weighted by atomic mass is 9.76. The SMILES string of the molecule is Cc1c(C)c(C)c(C(C)(C)C(=O)O)c(C)c1C. The second-order valence-electron chi connectivity index (χ2n) is 5.43. The Morgan fingerprint density at radius 2 is 1.12 bits per heavy atom. The van der Waals surface area contributed by atoms with Gasteiger partial charge in [0.25, 0.3) is 0 Å². The highest BCUT2D eigenvalue weighted by Gasteiger charge is 2.33. The maximum atomic E-state index is 11.4. The van der Waals surface area contributed by atoms with Crippen LogP contribution in [-0.4, -0.2) is 11.1 Å². The lowest BCUT2D eigenvalue weighted by Gasteiger charge is -2.28. The van der Waals surface area contributed by atoms with E-state index in [9.17, 15) is 9.90 Å². The molecule has 0 aliphatic rings. The Balaban J connectivity index is 3.72. The van der Waals surface area contributed by atoms with Gasteiger partial charge in [0.15, 0.2) is 0 Å². The summed E-state index contributed by atoms with van der Waals surface area (Å²) >= 11 is 0. The van der Waals surface area contributed by atoms with Gasteiger partial charge in [-0.15, -0.1) is 0 Å². The van der Waals surface area contributed by atoms with Crippen LogP contribution in [0.5, 0.6) is 0 Å². The van der Waals surface area contributed by atoms with Crippen LogP contribution in [-0.2, 0) is 10.2 Å². The molecule has 0 amide bonds. The standard InChI is InChI=1S/C15H22O2/c1-8-9(2)11(4)13(12(5)10(8)3)15(6,7)14(16)17/h1-7H3,(H,16,17). The summed E-state index contributed by atoms with van der Waals surface area (Å²) in [4.78, 5) is 11.4. The molecule has 0 atom stereocenters. The first-order valence-electron chi connectivity index (χ1n) is 5.93. The Labute approximate surface area is 104 Å². The van der Waals surface area contributed by atoms with Crippen molar-refractivity contribution < 1.29 is 9.90 Å². The van der Waals surface area contributed by atoms with Crippen LogP contribution in [0, 0.1) is 34.6 Å². The Kier molecular flexibility index (Phi) is 3.37. The first-order valence-corrected chi connectivity index (χ1v) is 5.93. The van der Waals surface area contributed by atoms with Gasteiger partial charge in [-0.1, -0.05) is 0 Å². The van der Waals surface area contributed by atoms with Gasteiger partial charge >= 0.3 is 5.97 Å². The molecule has 1 aromatic carbocycles. The zero-order chi connectivity index (χ0) is 13.5. The van der Waals surface area contributed by atoms with E-state index >= 15 is 0 Å². The average Bonchev–Trinajstić information content (AvgIpc) is 2.23. The molecule has 0 spiro atoms. The summed E-state index contributed by atoms with van der Waals surface area (Å²) in [7, 11) is 0. The molecule has 0 saturated heterocycles. The molecule has 0 fully saturated rings. The predicted octanol–water partition coefficient (Wildman–Crippen LogP) is 3.59. The lowest BCUT2D eigenvalue weighted by molar-refractivity contribution is -0.142. The molecular weight excluding hydrogens is 212 g/mol. The normalized spacial score (nSPS) is 11.7. The maximum Gasteiger partial charge on any atom is 0.313 e. The summed E-state index contributed by atoms with van der Waals surface area (Å²) in [6.07, 6.45) is 0. The van der Waals surface area contributed by atoms with Gasteiger partial charge in [0.2, 0.25) is 0 Å². The van der Waals surface area contributed by atoms with Gasteiger partial charge in [-0.05, 0) is 81.8 Å². The van der Waals surface area contributed by atoms with E-state index in [2.05, 4.69) is 20.8 Å². The number of benzene rings is 1. The van der Waals surface area contributed by atoms with Crippen molar-refractivity contribution in [2.24, 2.45) is 0 Å². The summed E-state index contributed by atoms with van der Waals surface area (Å²) in [6, 6.07) is 0. The average molecular weight is 234 g/mol. The summed E-state index contributed by atoms with van der Waals surface area (Å²) < 4.78 is 0. The molecule has 0 saturated carbocycles. The van der Waals surface area contributed by atoms with E-state index in [1.807, 2.05) is 13.8 Å². The van der Waals surface area contributed by atoms with Crippen molar-refractivity contribution in [1.29, 1.82) is 0 Å². The Hall–Kier alpha value is -1.31. The third kappa shape index (κ3) is 1.97. The fourth-order valence-electron chi connectivity index (χ4n) is 2.54. The maximum absolute atomic E-state index is 11.4. The van der Waals surface area contributed by atoms with Crippen molar-refractivity contribution >= 4 is 5.97 Å². The topological polar surface area (TPSA) is 37.3 Å². The molecule has 0 aliphatic heterocycles. The molecule has 94 valence electrons. The molecule has 1 N–H and O–H groups in total. The van der Waals surface area contributed by atoms with Crippen LogP contribution in [0.4, 0.5) is 0 Å². The van der Waals surface area contributed by atoms with E-state index in [0.717, 1.165) is 16.7 Å². The Morgan fingerprint density at radius 1 is 0.824 bits per heavy atom. The molecule has 0 aliphatic carbocycles. The van der Waals surface area contributed by atoms with Gasteiger partial charge in [-0.25, -0.2) is 0 Å². The first kappa shape index (κ1) is 13.8. The second-order valence-corrected chi connectivity index (χ2v) is 5.43. The van der Waals surface area contributed by atoms with Gasteiger partial charge in [-0.3, -0.25) is 4.79 Å². The van der Waals surface area contributed by atoms with Crippen LogP contribution in [0.15, 0.2) is 0 Å². The summed E-state index contributed by atoms with van der Waals surface area (Å²) in [5.41, 5.74) is 6.03. The van der Waals surface area contributed by atoms with Crippen LogP contribution in [0.2, 0.25) is 0 Å². The van der Waals surface area contributed by atoms with Gasteiger partial charge in [0.05, 0.1) is 5.41 Å². The van der Waals surface area contributed by atoms with Gasteiger partial charge in [-0.2, -0.15) is 0 Å². The predicted molar refractivity (Wildman–Crippen MR) is 70.8 cm³/mol. The third-order valence-electron chi connectivity index (χ3n) is 4.16. The minimum atomic E-state index is -0.836. The highest BCUT2D eigenvalue weighted by Crippen LogP contribution is 2.35. The molecule has 2 heteroatoms. The van der Waals surface area contributed by atoms with Crippen molar-refractivity contribution in [3.63, 3.8) is 0 Å². The van der Waals surface area contributed by atoms with Crippen LogP contribution >= 0.6 is 0 Å². The number of rotatable bonds is 2. The van der Waals surface area contributed by atoms with Crippen LogP contribution < -0.4 is 0 Å². The fourth-order valence-corrected chi connectivity index (χ4v) is 2.54. The van der Waals surface area contributed by atoms with Gasteiger partial charge in [0.1, 0.15) is 0 Å². The van der Waals surface area contributed by atoms with Crippen LogP contribution in [0.1, 0.15) is 47.2 Å². The molecule has 17 heavy (non-hydrogen) atoms. The quantitative estimate of drug-likeness (QED) is 0.849. The number of carbonyl (C=O) groups is 1. The van der Waals surface area contributed by atoms with E-state index in [4.69, 9.17) is 0 Å². The molecule has 1 aromatic rings. The number of carboxylic acids is 1. The van der Waals surface area contributed by atoms with E-state index < -0.39 is 11.4 Å². The minimum Gasteiger partial charge on any atom is -0.481 e. The number of hydrogen-bond acceptors (Lipinski definition) is 1. The monoisotopic (exact) mass is 234 g/mol. The summed E-state index contributed by atoms with van der Waals surface area (Å²) in [5.74, 6) is -0.772. The number of hydrogen-bond donors (Lipinski definition) is 1. The molecule has 0 radical (unpaired) electrons. The van der Waals surface area contributed by atoms with Crippen molar-refractivity contribution in [1.82, 2.24) is 0 Å². The molecular formula is C15H22O2. The van der Waals surface area contributed by atoms with Crippen molar-refractivity contribution in [2.45, 2.75) is 53.9 Å². The Bertz CT molecular complexity index is 453. The molecule has 0 heterocycles. The van der Waals surface area contributed by atoms with Crippen LogP contribution in [0.3, 0.4) is 0 Å². The molecule has 2 nitrogen and oxygen atoms in total. The van der Waals surface area contributed by atoms with Crippen molar-refractivity contribution in [2.75, 3.05) is 0 Å². The zero-order valence-electron chi connectivity index (χ0n) is 11.9. The molecule has 0 unspecified atom stereocenters. The van der Waals surface area contributed by atoms with E-state index in [-0.39, 0.29) is 0 Å². The highest BCUT2D eigenvalue weighted by atomic mass is 16.4. The van der Waals surface area contributed by atoms with E-state index in [1.165, 1.54) is 16.7 Å². The van der Waals surface area contributed by atoms with Gasteiger partial charge < -0.3 is 5.11 Å². The Morgan fingerprint density at radius 3 is 1.41 bits per heavy atom. The second kappa shape index (κ2) is 4.17. The lowest BCUT2D eigenvalue weighted by Crippen LogP contribution is -2.31. The minimum absolute atomic E-state index is 0.772. The van der Waals surface area contributed by atoms with Crippen molar-refractivity contribution in [3.8, 4) is 0 Å². The zero-order valence-corrected chi connectivity index (χ0v) is 11.9. The molecule has 0 aromatic heterocycles. The van der Waals surface area contributed by atoms with Crippen LogP contribution in [0.25, 0.3) is 0 Å². The highest BCUT2D eigenvalue weighted by molar-refractivity contribution is 5.82. The summed E-state index contributed by atoms with van der Waals surface area (Å²) in [6.45, 7) is 13.8. The smallest absolute Gasteiger partial charge is 0.313 e. The summed E-state index contributed by atoms with van der Waals surface area (Å²) in [5, 5.41) is 9.39. The molecule has 1 rings (SSSR count). The van der Waals surface area contributed by atoms with E-state index in [0.29, 0.717) is 0 Å². The first-order chi connectivity index (χ1) is 7.62. The number of carboxylic acid groups (broad SMARTS) is 1. The largest absolute Gasteiger partial charge is 0.481 e. The fraction of sp³-hybridized carbons (Fsp3) is 0.533. The van der Waals surface area contributed by atoms with Gasteiger partial charge in [0, 0.05) is 0 Å². The van der Waals surface area contributed by atoms with E-state index in [1.54, 1.807) is 13.8 Å². The molecule has 0 bridgehead atoms.